The van der Waals surface area contributed by atoms with Crippen molar-refractivity contribution in [1.82, 2.24) is 0 Å². The van der Waals surface area contributed by atoms with Gasteiger partial charge >= 0.3 is 14.2 Å². The average molecular weight is 241 g/mol. The van der Waals surface area contributed by atoms with Crippen molar-refractivity contribution in [1.29, 1.82) is 0 Å². The molecular formula is C6H10O8P+. The van der Waals surface area contributed by atoms with Gasteiger partial charge in [0, 0.05) is 4.57 Å². The maximum absolute atomic E-state index is 10.7. The molecule has 4 N–H and O–H groups in total. The predicted octanol–water partition coefficient (Wildman–Crippen LogP) is -2.34. The van der Waals surface area contributed by atoms with Crippen LogP contribution in [0.3, 0.4) is 0 Å². The van der Waals surface area contributed by atoms with Crippen molar-refractivity contribution < 1.29 is 38.8 Å². The minimum absolute atomic E-state index is 0.590. The summed E-state index contributed by atoms with van der Waals surface area (Å²) in [7, 11) is -2.88. The van der Waals surface area contributed by atoms with Crippen LogP contribution in [0.1, 0.15) is 0 Å². The number of carbonyl (C=O) groups is 1. The lowest BCUT2D eigenvalue weighted by atomic mass is 10.1. The molecule has 0 spiro atoms. The second kappa shape index (κ2) is 4.93. The summed E-state index contributed by atoms with van der Waals surface area (Å²) in [6, 6.07) is 0. The van der Waals surface area contributed by atoms with Crippen molar-refractivity contribution in [2.45, 2.75) is 24.4 Å². The van der Waals surface area contributed by atoms with E-state index < -0.39 is 45.2 Å². The fourth-order valence-electron chi connectivity index (χ4n) is 1.13. The normalized spacial score (nSPS) is 33.7. The van der Waals surface area contributed by atoms with E-state index in [-0.39, 0.29) is 0 Å². The van der Waals surface area contributed by atoms with Crippen LogP contribution in [0, 0.1) is 0 Å². The van der Waals surface area contributed by atoms with Crippen LogP contribution in [-0.4, -0.2) is 57.2 Å². The third kappa shape index (κ3) is 2.91. The molecule has 1 aliphatic heterocycles. The molecule has 0 aliphatic carbocycles. The summed E-state index contributed by atoms with van der Waals surface area (Å²) in [6.07, 6.45) is -6.13. The number of rotatable bonds is 4. The molecule has 2 unspecified atom stereocenters. The molecule has 8 nitrogen and oxygen atoms in total. The Labute approximate surface area is 85.0 Å². The van der Waals surface area contributed by atoms with E-state index in [1.54, 1.807) is 0 Å². The average Bonchev–Trinajstić information content (AvgIpc) is 2.42. The molecule has 0 amide bonds. The second-order valence-corrected chi connectivity index (χ2v) is 3.67. The van der Waals surface area contributed by atoms with Gasteiger partial charge in [-0.1, -0.05) is 0 Å². The van der Waals surface area contributed by atoms with E-state index in [0.717, 1.165) is 0 Å². The Kier molecular flexibility index (Phi) is 4.09. The summed E-state index contributed by atoms with van der Waals surface area (Å²) < 4.78 is 18.7. The van der Waals surface area contributed by atoms with Gasteiger partial charge in [-0.3, -0.25) is 0 Å². The van der Waals surface area contributed by atoms with Gasteiger partial charge in [0.15, 0.2) is 12.2 Å². The summed E-state index contributed by atoms with van der Waals surface area (Å²) in [4.78, 5) is 19.0. The van der Waals surface area contributed by atoms with E-state index in [4.69, 9.17) is 10.00 Å². The Bertz CT molecular complexity index is 268. The van der Waals surface area contributed by atoms with Crippen LogP contribution in [-0.2, 0) is 18.6 Å². The highest BCUT2D eigenvalue weighted by Crippen LogP contribution is 2.22. The molecule has 5 atom stereocenters. The monoisotopic (exact) mass is 241 g/mol. The molecule has 1 rings (SSSR count). The first-order chi connectivity index (χ1) is 6.93. The summed E-state index contributed by atoms with van der Waals surface area (Å²) in [5.74, 6) is -1.06. The quantitative estimate of drug-likeness (QED) is 0.318. The van der Waals surface area contributed by atoms with Crippen molar-refractivity contribution in [2.24, 2.45) is 0 Å². The zero-order valence-electron chi connectivity index (χ0n) is 7.39. The van der Waals surface area contributed by atoms with Crippen LogP contribution in [0.25, 0.3) is 0 Å². The van der Waals surface area contributed by atoms with Gasteiger partial charge in [0.2, 0.25) is 0 Å². The predicted molar refractivity (Wildman–Crippen MR) is 43.7 cm³/mol. The topological polar surface area (TPSA) is 134 Å². The van der Waals surface area contributed by atoms with Crippen molar-refractivity contribution >= 4 is 14.2 Å². The lowest BCUT2D eigenvalue weighted by Gasteiger charge is -2.17. The van der Waals surface area contributed by atoms with Crippen LogP contribution in [0.2, 0.25) is 0 Å². The van der Waals surface area contributed by atoms with E-state index in [2.05, 4.69) is 9.26 Å². The number of cyclic esters (lactones) is 1. The third-order valence-electron chi connectivity index (χ3n) is 1.89. The van der Waals surface area contributed by atoms with E-state index >= 15 is 0 Å². The zero-order chi connectivity index (χ0) is 11.6. The molecule has 0 aromatic carbocycles. The van der Waals surface area contributed by atoms with Gasteiger partial charge in [-0.05, 0) is 0 Å². The number of aliphatic hydroxyl groups excluding tert-OH is 3. The SMILES string of the molecule is O=C1O[C@H]([C@@H](O)CO[P+](=O)O)[C@H](O)C1O. The van der Waals surface area contributed by atoms with Gasteiger partial charge in [0.25, 0.3) is 0 Å². The molecule has 1 aliphatic rings. The van der Waals surface area contributed by atoms with Gasteiger partial charge in [-0.15, -0.1) is 9.42 Å². The maximum Gasteiger partial charge on any atom is 0.694 e. The molecule has 0 bridgehead atoms. The number of ether oxygens (including phenoxy) is 1. The number of esters is 1. The van der Waals surface area contributed by atoms with Crippen molar-refractivity contribution in [2.75, 3.05) is 6.61 Å². The van der Waals surface area contributed by atoms with Crippen LogP contribution >= 0.6 is 8.25 Å². The maximum atomic E-state index is 10.7. The first-order valence-corrected chi connectivity index (χ1v) is 5.10. The minimum Gasteiger partial charge on any atom is -0.455 e. The molecule has 1 fully saturated rings. The molecule has 86 valence electrons. The zero-order valence-corrected chi connectivity index (χ0v) is 8.28. The molecule has 1 saturated heterocycles. The number of hydrogen-bond donors (Lipinski definition) is 4. The third-order valence-corrected chi connectivity index (χ3v) is 2.26. The fraction of sp³-hybridized carbons (Fsp3) is 0.833. The first-order valence-electron chi connectivity index (χ1n) is 3.97. The van der Waals surface area contributed by atoms with E-state index in [1.807, 2.05) is 0 Å². The summed E-state index contributed by atoms with van der Waals surface area (Å²) in [6.45, 7) is -0.590. The van der Waals surface area contributed by atoms with Crippen LogP contribution in [0.5, 0.6) is 0 Å². The molecular weight excluding hydrogens is 231 g/mol. The minimum atomic E-state index is -2.88. The molecule has 15 heavy (non-hydrogen) atoms. The summed E-state index contributed by atoms with van der Waals surface area (Å²) in [5, 5.41) is 27.5. The Morgan fingerprint density at radius 1 is 1.53 bits per heavy atom. The van der Waals surface area contributed by atoms with Gasteiger partial charge in [0.1, 0.15) is 18.8 Å². The number of carbonyl (C=O) groups excluding carboxylic acids is 1. The molecule has 0 aromatic heterocycles. The molecule has 9 heteroatoms. The van der Waals surface area contributed by atoms with Crippen LogP contribution < -0.4 is 0 Å². The van der Waals surface area contributed by atoms with E-state index in [1.165, 1.54) is 0 Å². The van der Waals surface area contributed by atoms with Gasteiger partial charge in [0.05, 0.1) is 0 Å². The molecule has 1 heterocycles. The molecule has 0 radical (unpaired) electrons. The largest absolute Gasteiger partial charge is 0.694 e. The smallest absolute Gasteiger partial charge is 0.455 e. The summed E-state index contributed by atoms with van der Waals surface area (Å²) in [5.41, 5.74) is 0. The van der Waals surface area contributed by atoms with Crippen molar-refractivity contribution in [3.05, 3.63) is 0 Å². The molecule has 0 saturated carbocycles. The van der Waals surface area contributed by atoms with Crippen molar-refractivity contribution in [3.8, 4) is 0 Å². The van der Waals surface area contributed by atoms with Gasteiger partial charge < -0.3 is 20.1 Å². The van der Waals surface area contributed by atoms with Crippen LogP contribution in [0.4, 0.5) is 0 Å². The molecule has 0 aromatic rings. The Morgan fingerprint density at radius 3 is 2.53 bits per heavy atom. The lowest BCUT2D eigenvalue weighted by Crippen LogP contribution is -2.40. The fourth-order valence-corrected chi connectivity index (χ4v) is 1.41. The summed E-state index contributed by atoms with van der Waals surface area (Å²) >= 11 is 0. The Balaban J connectivity index is 2.50. The van der Waals surface area contributed by atoms with Gasteiger partial charge in [-0.25, -0.2) is 4.79 Å². The lowest BCUT2D eigenvalue weighted by molar-refractivity contribution is -0.151. The Hall–Kier alpha value is -0.630. The standard InChI is InChI=1S/C6H9O8P/c7-2(1-13-15(11)12)5-3(8)4(9)6(10)14-5/h2-5,7-9H,1H2/p+1/t2-,3+,4?,5+/m0/s1. The highest BCUT2D eigenvalue weighted by atomic mass is 31.1. The van der Waals surface area contributed by atoms with Crippen molar-refractivity contribution in [3.63, 3.8) is 0 Å². The number of hydrogen-bond acceptors (Lipinski definition) is 7. The second-order valence-electron chi connectivity index (χ2n) is 2.94. The Morgan fingerprint density at radius 2 is 2.13 bits per heavy atom. The van der Waals surface area contributed by atoms with Crippen LogP contribution in [0.15, 0.2) is 0 Å². The first kappa shape index (κ1) is 12.4. The van der Waals surface area contributed by atoms with E-state index in [9.17, 15) is 19.6 Å². The van der Waals surface area contributed by atoms with Gasteiger partial charge in [-0.2, -0.15) is 0 Å². The van der Waals surface area contributed by atoms with E-state index in [0.29, 0.717) is 0 Å². The highest BCUT2D eigenvalue weighted by Gasteiger charge is 2.46. The number of aliphatic hydroxyl groups is 3. The highest BCUT2D eigenvalue weighted by molar-refractivity contribution is 7.32.